The Bertz CT molecular complexity index is 437. The molecular formula is C13H16N2S. The molecule has 0 amide bonds. The zero-order chi connectivity index (χ0) is 11.4. The summed E-state index contributed by atoms with van der Waals surface area (Å²) in [6, 6.07) is 10.2. The Kier molecular flexibility index (Phi) is 3.47. The minimum atomic E-state index is 0.843. The number of para-hydroxylation sites is 2. The first-order chi connectivity index (χ1) is 7.77. The number of rotatable bonds is 4. The number of nitrogens with zero attached hydrogens (tertiary/aromatic N) is 1. The smallest absolute Gasteiger partial charge is 0.0597 e. The molecule has 2 rings (SSSR count). The van der Waals surface area contributed by atoms with Gasteiger partial charge in [0.05, 0.1) is 11.4 Å². The van der Waals surface area contributed by atoms with Crippen molar-refractivity contribution >= 4 is 22.7 Å². The summed E-state index contributed by atoms with van der Waals surface area (Å²) in [5, 5.41) is 4.31. The lowest BCUT2D eigenvalue weighted by molar-refractivity contribution is 0.881. The number of anilines is 2. The number of nitrogens with two attached hydrogens (primary N) is 1. The normalized spacial score (nSPS) is 10.3. The first kappa shape index (κ1) is 11.0. The van der Waals surface area contributed by atoms with Crippen molar-refractivity contribution in [1.82, 2.24) is 0 Å². The summed E-state index contributed by atoms with van der Waals surface area (Å²) in [5.74, 6) is 0. The lowest BCUT2D eigenvalue weighted by Crippen LogP contribution is -2.21. The molecule has 2 nitrogen and oxygen atoms in total. The molecule has 2 aromatic rings. The highest BCUT2D eigenvalue weighted by Gasteiger charge is 2.04. The van der Waals surface area contributed by atoms with Gasteiger partial charge in [0.2, 0.25) is 0 Å². The Morgan fingerprint density at radius 2 is 2.06 bits per heavy atom. The second-order valence-corrected chi connectivity index (χ2v) is 4.64. The zero-order valence-corrected chi connectivity index (χ0v) is 10.2. The van der Waals surface area contributed by atoms with Crippen LogP contribution in [0.1, 0.15) is 5.56 Å². The lowest BCUT2D eigenvalue weighted by atomic mass is 10.2. The summed E-state index contributed by atoms with van der Waals surface area (Å²) >= 11 is 1.75. The van der Waals surface area contributed by atoms with E-state index in [1.165, 1.54) is 5.56 Å². The van der Waals surface area contributed by atoms with Gasteiger partial charge in [-0.1, -0.05) is 12.1 Å². The highest BCUT2D eigenvalue weighted by molar-refractivity contribution is 7.07. The van der Waals surface area contributed by atoms with Gasteiger partial charge >= 0.3 is 0 Å². The predicted molar refractivity (Wildman–Crippen MR) is 72.1 cm³/mol. The maximum atomic E-state index is 5.93. The quantitative estimate of drug-likeness (QED) is 0.821. The summed E-state index contributed by atoms with van der Waals surface area (Å²) in [5.41, 5.74) is 9.28. The highest BCUT2D eigenvalue weighted by atomic mass is 32.1. The largest absolute Gasteiger partial charge is 0.397 e. The molecule has 1 aromatic heterocycles. The number of thiophene rings is 1. The van der Waals surface area contributed by atoms with Crippen LogP contribution in [0, 0.1) is 0 Å². The van der Waals surface area contributed by atoms with Crippen LogP contribution in [0.3, 0.4) is 0 Å². The van der Waals surface area contributed by atoms with E-state index in [1.807, 2.05) is 18.2 Å². The molecule has 84 valence electrons. The summed E-state index contributed by atoms with van der Waals surface area (Å²) in [6.07, 6.45) is 1.06. The molecule has 0 fully saturated rings. The molecule has 16 heavy (non-hydrogen) atoms. The van der Waals surface area contributed by atoms with Crippen LogP contribution in [0.25, 0.3) is 0 Å². The molecule has 0 saturated heterocycles. The van der Waals surface area contributed by atoms with Gasteiger partial charge in [0, 0.05) is 13.6 Å². The molecule has 1 heterocycles. The second-order valence-electron chi connectivity index (χ2n) is 3.86. The Hall–Kier alpha value is -1.48. The van der Waals surface area contributed by atoms with Crippen LogP contribution in [0.4, 0.5) is 11.4 Å². The maximum Gasteiger partial charge on any atom is 0.0597 e. The van der Waals surface area contributed by atoms with Gasteiger partial charge in [-0.3, -0.25) is 0 Å². The van der Waals surface area contributed by atoms with E-state index in [0.29, 0.717) is 0 Å². The fraction of sp³-hybridized carbons (Fsp3) is 0.231. The van der Waals surface area contributed by atoms with E-state index >= 15 is 0 Å². The SMILES string of the molecule is CN(CCc1ccsc1)c1ccccc1N. The average Bonchev–Trinajstić information content (AvgIpc) is 2.79. The molecule has 1 aromatic carbocycles. The molecular weight excluding hydrogens is 216 g/mol. The molecule has 3 heteroatoms. The highest BCUT2D eigenvalue weighted by Crippen LogP contribution is 2.21. The zero-order valence-electron chi connectivity index (χ0n) is 9.39. The van der Waals surface area contributed by atoms with Gasteiger partial charge in [-0.05, 0) is 40.9 Å². The molecule has 0 aliphatic heterocycles. The fourth-order valence-corrected chi connectivity index (χ4v) is 2.39. The van der Waals surface area contributed by atoms with Gasteiger partial charge in [0.25, 0.3) is 0 Å². The number of likely N-dealkylation sites (N-methyl/N-ethyl adjacent to an activating group) is 1. The van der Waals surface area contributed by atoms with E-state index in [9.17, 15) is 0 Å². The van der Waals surface area contributed by atoms with Crippen LogP contribution in [0.15, 0.2) is 41.1 Å². The Morgan fingerprint density at radius 1 is 1.25 bits per heavy atom. The van der Waals surface area contributed by atoms with Crippen molar-refractivity contribution in [2.24, 2.45) is 0 Å². The van der Waals surface area contributed by atoms with Crippen molar-refractivity contribution in [2.75, 3.05) is 24.2 Å². The standard InChI is InChI=1S/C13H16N2S/c1-15(8-6-11-7-9-16-10-11)13-5-3-2-4-12(13)14/h2-5,7,9-10H,6,8,14H2,1H3. The van der Waals surface area contributed by atoms with E-state index in [0.717, 1.165) is 24.3 Å². The Balaban J connectivity index is 1.98. The van der Waals surface area contributed by atoms with Crippen molar-refractivity contribution in [3.8, 4) is 0 Å². The number of hydrogen-bond donors (Lipinski definition) is 1. The van der Waals surface area contributed by atoms with Crippen LogP contribution in [0.5, 0.6) is 0 Å². The first-order valence-corrected chi connectivity index (χ1v) is 6.28. The van der Waals surface area contributed by atoms with Gasteiger partial charge < -0.3 is 10.6 Å². The van der Waals surface area contributed by atoms with E-state index in [2.05, 4.69) is 34.8 Å². The predicted octanol–water partition coefficient (Wildman–Crippen LogP) is 3.01. The first-order valence-electron chi connectivity index (χ1n) is 5.34. The van der Waals surface area contributed by atoms with Crippen LogP contribution in [-0.2, 0) is 6.42 Å². The molecule has 0 bridgehead atoms. The van der Waals surface area contributed by atoms with E-state index in [1.54, 1.807) is 11.3 Å². The molecule has 0 radical (unpaired) electrons. The van der Waals surface area contributed by atoms with E-state index in [4.69, 9.17) is 5.73 Å². The van der Waals surface area contributed by atoms with E-state index < -0.39 is 0 Å². The van der Waals surface area contributed by atoms with Crippen LogP contribution in [0.2, 0.25) is 0 Å². The summed E-state index contributed by atoms with van der Waals surface area (Å²) < 4.78 is 0. The Labute approximate surface area is 100 Å². The minimum absolute atomic E-state index is 0.843. The van der Waals surface area contributed by atoms with Crippen molar-refractivity contribution < 1.29 is 0 Å². The van der Waals surface area contributed by atoms with Gasteiger partial charge in [-0.25, -0.2) is 0 Å². The third-order valence-corrected chi connectivity index (χ3v) is 3.40. The second kappa shape index (κ2) is 5.03. The van der Waals surface area contributed by atoms with Gasteiger partial charge in [-0.2, -0.15) is 11.3 Å². The van der Waals surface area contributed by atoms with Crippen molar-refractivity contribution in [1.29, 1.82) is 0 Å². The van der Waals surface area contributed by atoms with Gasteiger partial charge in [0.1, 0.15) is 0 Å². The topological polar surface area (TPSA) is 29.3 Å². The lowest BCUT2D eigenvalue weighted by Gasteiger charge is -2.20. The Morgan fingerprint density at radius 3 is 2.75 bits per heavy atom. The third kappa shape index (κ3) is 2.55. The average molecular weight is 232 g/mol. The number of benzene rings is 1. The van der Waals surface area contributed by atoms with E-state index in [-0.39, 0.29) is 0 Å². The molecule has 2 N–H and O–H groups in total. The summed E-state index contributed by atoms with van der Waals surface area (Å²) in [6.45, 7) is 0.991. The number of hydrogen-bond acceptors (Lipinski definition) is 3. The molecule has 0 unspecified atom stereocenters. The van der Waals surface area contributed by atoms with Gasteiger partial charge in [-0.15, -0.1) is 0 Å². The van der Waals surface area contributed by atoms with Crippen molar-refractivity contribution in [2.45, 2.75) is 6.42 Å². The van der Waals surface area contributed by atoms with Crippen LogP contribution >= 0.6 is 11.3 Å². The van der Waals surface area contributed by atoms with Crippen LogP contribution in [-0.4, -0.2) is 13.6 Å². The maximum absolute atomic E-state index is 5.93. The monoisotopic (exact) mass is 232 g/mol. The number of nitrogen functional groups attached to an aromatic ring is 1. The summed E-state index contributed by atoms with van der Waals surface area (Å²) in [7, 11) is 2.08. The van der Waals surface area contributed by atoms with Crippen molar-refractivity contribution in [3.63, 3.8) is 0 Å². The molecule has 0 aliphatic rings. The van der Waals surface area contributed by atoms with Crippen LogP contribution < -0.4 is 10.6 Å². The minimum Gasteiger partial charge on any atom is -0.397 e. The molecule has 0 aliphatic carbocycles. The molecule has 0 spiro atoms. The fourth-order valence-electron chi connectivity index (χ4n) is 1.69. The molecule has 0 saturated carbocycles. The van der Waals surface area contributed by atoms with Gasteiger partial charge in [0.15, 0.2) is 0 Å². The third-order valence-electron chi connectivity index (χ3n) is 2.66. The molecule has 0 atom stereocenters. The van der Waals surface area contributed by atoms with Crippen molar-refractivity contribution in [3.05, 3.63) is 46.7 Å². The summed E-state index contributed by atoms with van der Waals surface area (Å²) in [4.78, 5) is 2.20.